The van der Waals surface area contributed by atoms with E-state index in [1.807, 2.05) is 54.6 Å². The summed E-state index contributed by atoms with van der Waals surface area (Å²) < 4.78 is 0. The van der Waals surface area contributed by atoms with Gasteiger partial charge < -0.3 is 11.1 Å². The van der Waals surface area contributed by atoms with Crippen LogP contribution in [0.4, 0.5) is 5.69 Å². The molecule has 7 nitrogen and oxygen atoms in total. The smallest absolute Gasteiger partial charge is 0.273 e. The number of carbonyl (C=O) groups is 2. The standard InChI is InChI=1S/C23H25N5O2/c24-22(29)18-10-6-12-28(15-18)14-17-9-4-5-11-19(17)25-23(30)21-13-20(26-27-21)16-7-2-1-3-8-16/h1-5,7-9,11,13,18H,6,10,12,14-15H2,(H2,24,29)(H,25,30)(H,26,27). The predicted molar refractivity (Wildman–Crippen MR) is 116 cm³/mol. The molecule has 0 bridgehead atoms. The second kappa shape index (κ2) is 8.92. The molecule has 2 aromatic carbocycles. The zero-order valence-electron chi connectivity index (χ0n) is 16.7. The lowest BCUT2D eigenvalue weighted by atomic mass is 9.97. The third-order valence-corrected chi connectivity index (χ3v) is 5.46. The molecule has 1 fully saturated rings. The first-order chi connectivity index (χ1) is 14.6. The van der Waals surface area contributed by atoms with Gasteiger partial charge in [0.2, 0.25) is 5.91 Å². The zero-order valence-corrected chi connectivity index (χ0v) is 16.7. The second-order valence-electron chi connectivity index (χ2n) is 7.62. The number of H-pyrrole nitrogens is 1. The van der Waals surface area contributed by atoms with E-state index >= 15 is 0 Å². The molecule has 4 rings (SSSR count). The Morgan fingerprint density at radius 3 is 2.70 bits per heavy atom. The monoisotopic (exact) mass is 403 g/mol. The molecule has 30 heavy (non-hydrogen) atoms. The van der Waals surface area contributed by atoms with E-state index in [-0.39, 0.29) is 17.7 Å². The molecule has 0 aliphatic carbocycles. The van der Waals surface area contributed by atoms with Crippen molar-refractivity contribution in [1.29, 1.82) is 0 Å². The number of aromatic amines is 1. The van der Waals surface area contributed by atoms with Gasteiger partial charge in [-0.2, -0.15) is 5.10 Å². The van der Waals surface area contributed by atoms with Gasteiger partial charge in [-0.3, -0.25) is 19.6 Å². The summed E-state index contributed by atoms with van der Waals surface area (Å²) in [5.41, 5.74) is 9.31. The summed E-state index contributed by atoms with van der Waals surface area (Å²) in [5, 5.41) is 10.1. The summed E-state index contributed by atoms with van der Waals surface area (Å²) in [6.07, 6.45) is 1.78. The lowest BCUT2D eigenvalue weighted by molar-refractivity contribution is -0.123. The maximum atomic E-state index is 12.8. The molecule has 0 radical (unpaired) electrons. The quantitative estimate of drug-likeness (QED) is 0.588. The van der Waals surface area contributed by atoms with Gasteiger partial charge in [-0.25, -0.2) is 0 Å². The first-order valence-corrected chi connectivity index (χ1v) is 10.1. The number of hydrogen-bond acceptors (Lipinski definition) is 4. The van der Waals surface area contributed by atoms with Crippen molar-refractivity contribution >= 4 is 17.5 Å². The predicted octanol–water partition coefficient (Wildman–Crippen LogP) is 3.03. The number of hydrogen-bond donors (Lipinski definition) is 3. The van der Waals surface area contributed by atoms with Crippen molar-refractivity contribution in [2.75, 3.05) is 18.4 Å². The van der Waals surface area contributed by atoms with E-state index in [0.717, 1.165) is 41.9 Å². The number of benzene rings is 2. The van der Waals surface area contributed by atoms with Crippen molar-refractivity contribution in [2.45, 2.75) is 19.4 Å². The SMILES string of the molecule is NC(=O)C1CCCN(Cc2ccccc2NC(=O)c2cc(-c3ccccc3)n[nH]2)C1. The van der Waals surface area contributed by atoms with Crippen LogP contribution in [0, 0.1) is 5.92 Å². The Bertz CT molecular complexity index is 1030. The number of nitrogens with zero attached hydrogens (tertiary/aromatic N) is 2. The van der Waals surface area contributed by atoms with Gasteiger partial charge >= 0.3 is 0 Å². The van der Waals surface area contributed by atoms with E-state index in [4.69, 9.17) is 5.73 Å². The molecule has 1 aliphatic rings. The Hall–Kier alpha value is -3.45. The Labute approximate surface area is 175 Å². The highest BCUT2D eigenvalue weighted by molar-refractivity contribution is 6.03. The number of nitrogens with two attached hydrogens (primary N) is 1. The topological polar surface area (TPSA) is 104 Å². The molecule has 0 spiro atoms. The van der Waals surface area contributed by atoms with Crippen LogP contribution in [0.25, 0.3) is 11.3 Å². The summed E-state index contributed by atoms with van der Waals surface area (Å²) in [5.74, 6) is -0.595. The van der Waals surface area contributed by atoms with Crippen LogP contribution in [-0.4, -0.2) is 40.0 Å². The van der Waals surface area contributed by atoms with Crippen LogP contribution in [0.2, 0.25) is 0 Å². The van der Waals surface area contributed by atoms with Crippen molar-refractivity contribution < 1.29 is 9.59 Å². The fraction of sp³-hybridized carbons (Fsp3) is 0.261. The summed E-state index contributed by atoms with van der Waals surface area (Å²) in [6, 6.07) is 19.2. The van der Waals surface area contributed by atoms with Crippen LogP contribution in [0.3, 0.4) is 0 Å². The molecule has 1 aromatic heterocycles. The second-order valence-corrected chi connectivity index (χ2v) is 7.62. The van der Waals surface area contributed by atoms with E-state index in [2.05, 4.69) is 20.4 Å². The number of aromatic nitrogens is 2. The molecule has 1 aliphatic heterocycles. The van der Waals surface area contributed by atoms with E-state index in [9.17, 15) is 9.59 Å². The number of likely N-dealkylation sites (tertiary alicyclic amines) is 1. The number of amides is 2. The lowest BCUT2D eigenvalue weighted by Crippen LogP contribution is -2.40. The molecule has 4 N–H and O–H groups in total. The summed E-state index contributed by atoms with van der Waals surface area (Å²) in [6.45, 7) is 2.21. The van der Waals surface area contributed by atoms with Crippen molar-refractivity contribution in [3.05, 3.63) is 71.9 Å². The van der Waals surface area contributed by atoms with Gasteiger partial charge in [0.1, 0.15) is 5.69 Å². The van der Waals surface area contributed by atoms with Crippen molar-refractivity contribution in [1.82, 2.24) is 15.1 Å². The number of piperidine rings is 1. The van der Waals surface area contributed by atoms with Crippen LogP contribution >= 0.6 is 0 Å². The zero-order chi connectivity index (χ0) is 20.9. The van der Waals surface area contributed by atoms with E-state index in [0.29, 0.717) is 18.8 Å². The highest BCUT2D eigenvalue weighted by atomic mass is 16.2. The van der Waals surface area contributed by atoms with Crippen LogP contribution in [-0.2, 0) is 11.3 Å². The molecule has 3 aromatic rings. The Morgan fingerprint density at radius 2 is 1.90 bits per heavy atom. The van der Waals surface area contributed by atoms with E-state index < -0.39 is 0 Å². The Balaban J connectivity index is 1.46. The lowest BCUT2D eigenvalue weighted by Gasteiger charge is -2.31. The Kier molecular flexibility index (Phi) is 5.90. The van der Waals surface area contributed by atoms with Crippen molar-refractivity contribution in [3.8, 4) is 11.3 Å². The molecule has 7 heteroatoms. The van der Waals surface area contributed by atoms with Gasteiger partial charge in [0.05, 0.1) is 11.6 Å². The minimum Gasteiger partial charge on any atom is -0.369 e. The van der Waals surface area contributed by atoms with Gasteiger partial charge in [0.15, 0.2) is 0 Å². The largest absolute Gasteiger partial charge is 0.369 e. The fourth-order valence-electron chi connectivity index (χ4n) is 3.84. The molecule has 1 unspecified atom stereocenters. The molecule has 1 saturated heterocycles. The normalized spacial score (nSPS) is 16.9. The van der Waals surface area contributed by atoms with Gasteiger partial charge in [-0.15, -0.1) is 0 Å². The number of para-hydroxylation sites is 1. The average Bonchev–Trinajstić information content (AvgIpc) is 3.26. The number of rotatable bonds is 6. The van der Waals surface area contributed by atoms with E-state index in [1.54, 1.807) is 6.07 Å². The third-order valence-electron chi connectivity index (χ3n) is 5.46. The molecule has 154 valence electrons. The maximum Gasteiger partial charge on any atom is 0.273 e. The van der Waals surface area contributed by atoms with Gasteiger partial charge in [0.25, 0.3) is 5.91 Å². The molecular formula is C23H25N5O2. The number of primary amides is 1. The average molecular weight is 403 g/mol. The minimum absolute atomic E-state index is 0.109. The van der Waals surface area contributed by atoms with E-state index in [1.165, 1.54) is 0 Å². The molecule has 2 amide bonds. The van der Waals surface area contributed by atoms with Crippen LogP contribution < -0.4 is 11.1 Å². The highest BCUT2D eigenvalue weighted by Crippen LogP contribution is 2.23. The summed E-state index contributed by atoms with van der Waals surface area (Å²) in [7, 11) is 0. The first-order valence-electron chi connectivity index (χ1n) is 10.1. The minimum atomic E-state index is -0.245. The van der Waals surface area contributed by atoms with Gasteiger partial charge in [-0.1, -0.05) is 48.5 Å². The maximum absolute atomic E-state index is 12.8. The molecular weight excluding hydrogens is 378 g/mol. The van der Waals surface area contributed by atoms with Crippen molar-refractivity contribution in [2.24, 2.45) is 11.7 Å². The first kappa shape index (κ1) is 19.8. The number of nitrogens with one attached hydrogen (secondary N) is 2. The van der Waals surface area contributed by atoms with Gasteiger partial charge in [-0.05, 0) is 37.1 Å². The molecule has 2 heterocycles. The Morgan fingerprint density at radius 1 is 1.13 bits per heavy atom. The molecule has 1 atom stereocenters. The number of anilines is 1. The van der Waals surface area contributed by atoms with Crippen molar-refractivity contribution in [3.63, 3.8) is 0 Å². The summed E-state index contributed by atoms with van der Waals surface area (Å²) >= 11 is 0. The fourth-order valence-corrected chi connectivity index (χ4v) is 3.84. The summed E-state index contributed by atoms with van der Waals surface area (Å²) in [4.78, 5) is 26.6. The van der Waals surface area contributed by atoms with Crippen LogP contribution in [0.1, 0.15) is 28.9 Å². The number of carbonyl (C=O) groups excluding carboxylic acids is 2. The van der Waals surface area contributed by atoms with Crippen LogP contribution in [0.5, 0.6) is 0 Å². The third kappa shape index (κ3) is 4.58. The van der Waals surface area contributed by atoms with Crippen LogP contribution in [0.15, 0.2) is 60.7 Å². The molecule has 0 saturated carbocycles. The highest BCUT2D eigenvalue weighted by Gasteiger charge is 2.24. The van der Waals surface area contributed by atoms with Gasteiger partial charge in [0, 0.05) is 24.3 Å².